The molecule has 0 radical (unpaired) electrons. The summed E-state index contributed by atoms with van der Waals surface area (Å²) < 4.78 is 2.05. The molecule has 0 bridgehead atoms. The number of nitrogens with one attached hydrogen (secondary N) is 1. The van der Waals surface area contributed by atoms with Crippen molar-refractivity contribution in [3.05, 3.63) is 53.3 Å². The van der Waals surface area contributed by atoms with E-state index in [1.165, 1.54) is 11.1 Å². The number of rotatable bonds is 6. The second kappa shape index (κ2) is 6.36. The van der Waals surface area contributed by atoms with E-state index in [9.17, 15) is 0 Å². The Morgan fingerprint density at radius 2 is 2.00 bits per heavy atom. The summed E-state index contributed by atoms with van der Waals surface area (Å²) in [5.41, 5.74) is 3.79. The van der Waals surface area contributed by atoms with Crippen molar-refractivity contribution in [1.29, 1.82) is 0 Å². The van der Waals surface area contributed by atoms with Crippen molar-refractivity contribution in [3.8, 4) is 0 Å². The largest absolute Gasteiger partial charge is 0.313 e. The van der Waals surface area contributed by atoms with Crippen molar-refractivity contribution >= 4 is 0 Å². The highest BCUT2D eigenvalue weighted by Gasteiger charge is 2.04. The molecule has 0 unspecified atom stereocenters. The molecule has 3 heteroatoms. The van der Waals surface area contributed by atoms with E-state index < -0.39 is 0 Å². The van der Waals surface area contributed by atoms with Crippen LogP contribution in [0.15, 0.2) is 36.5 Å². The Balaban J connectivity index is 1.94. The molecule has 3 nitrogen and oxygen atoms in total. The molecule has 1 aromatic heterocycles. The van der Waals surface area contributed by atoms with Crippen molar-refractivity contribution in [3.63, 3.8) is 0 Å². The van der Waals surface area contributed by atoms with Gasteiger partial charge in [-0.05, 0) is 25.5 Å². The lowest BCUT2D eigenvalue weighted by Gasteiger charge is -2.01. The highest BCUT2D eigenvalue weighted by atomic mass is 15.3. The molecule has 0 fully saturated rings. The molecule has 2 rings (SSSR count). The first-order valence-corrected chi connectivity index (χ1v) is 6.57. The summed E-state index contributed by atoms with van der Waals surface area (Å²) >= 11 is 0. The fourth-order valence-electron chi connectivity index (χ4n) is 2.00. The third-order valence-corrected chi connectivity index (χ3v) is 3.09. The van der Waals surface area contributed by atoms with Gasteiger partial charge >= 0.3 is 0 Å². The molecule has 0 spiro atoms. The van der Waals surface area contributed by atoms with Gasteiger partial charge in [-0.15, -0.1) is 0 Å². The zero-order valence-electron chi connectivity index (χ0n) is 11.2. The van der Waals surface area contributed by atoms with Crippen LogP contribution >= 0.6 is 0 Å². The number of hydrogen-bond acceptors (Lipinski definition) is 2. The van der Waals surface area contributed by atoms with Crippen molar-refractivity contribution < 1.29 is 0 Å². The molecule has 0 aliphatic heterocycles. The van der Waals surface area contributed by atoms with E-state index in [0.29, 0.717) is 0 Å². The zero-order valence-corrected chi connectivity index (χ0v) is 11.2. The summed E-state index contributed by atoms with van der Waals surface area (Å²) in [5, 5.41) is 7.89. The Morgan fingerprint density at radius 1 is 1.22 bits per heavy atom. The van der Waals surface area contributed by atoms with Crippen molar-refractivity contribution in [2.45, 2.75) is 33.4 Å². The van der Waals surface area contributed by atoms with E-state index >= 15 is 0 Å². The Kier molecular flexibility index (Phi) is 4.53. The lowest BCUT2D eigenvalue weighted by Crippen LogP contribution is -2.11. The molecule has 1 heterocycles. The molecular formula is C15H21N3. The summed E-state index contributed by atoms with van der Waals surface area (Å²) in [7, 11) is 0. The van der Waals surface area contributed by atoms with Crippen molar-refractivity contribution in [2.75, 3.05) is 6.54 Å². The maximum atomic E-state index is 4.56. The van der Waals surface area contributed by atoms with Crippen LogP contribution in [-0.2, 0) is 19.5 Å². The molecule has 1 aromatic carbocycles. The SMILES string of the molecule is CCNCc1cn(CCc2ccccc2)nc1C. The Bertz CT molecular complexity index is 474. The molecule has 0 amide bonds. The van der Waals surface area contributed by atoms with E-state index in [0.717, 1.165) is 31.7 Å². The minimum absolute atomic E-state index is 0.910. The van der Waals surface area contributed by atoms with Gasteiger partial charge < -0.3 is 5.32 Å². The van der Waals surface area contributed by atoms with Crippen molar-refractivity contribution in [1.82, 2.24) is 15.1 Å². The number of benzene rings is 1. The molecule has 0 atom stereocenters. The summed E-state index contributed by atoms with van der Waals surface area (Å²) in [4.78, 5) is 0. The van der Waals surface area contributed by atoms with E-state index in [1.807, 2.05) is 0 Å². The lowest BCUT2D eigenvalue weighted by molar-refractivity contribution is 0.609. The molecule has 1 N–H and O–H groups in total. The fourth-order valence-corrected chi connectivity index (χ4v) is 2.00. The quantitative estimate of drug-likeness (QED) is 0.845. The predicted molar refractivity (Wildman–Crippen MR) is 74.5 cm³/mol. The van der Waals surface area contributed by atoms with Gasteiger partial charge in [0.2, 0.25) is 0 Å². The molecule has 2 aromatic rings. The second-order valence-electron chi connectivity index (χ2n) is 4.52. The normalized spacial score (nSPS) is 10.8. The number of aromatic nitrogens is 2. The van der Waals surface area contributed by atoms with Crippen molar-refractivity contribution in [2.24, 2.45) is 0 Å². The Labute approximate surface area is 109 Å². The van der Waals surface area contributed by atoms with Gasteiger partial charge in [-0.3, -0.25) is 4.68 Å². The first kappa shape index (κ1) is 12.8. The van der Waals surface area contributed by atoms with Gasteiger partial charge in [0.05, 0.1) is 5.69 Å². The minimum atomic E-state index is 0.910. The van der Waals surface area contributed by atoms with Crippen LogP contribution in [0.2, 0.25) is 0 Å². The first-order valence-electron chi connectivity index (χ1n) is 6.57. The maximum absolute atomic E-state index is 4.56. The molecule has 96 valence electrons. The highest BCUT2D eigenvalue weighted by molar-refractivity contribution is 5.16. The minimum Gasteiger partial charge on any atom is -0.313 e. The number of aryl methyl sites for hydroxylation is 3. The second-order valence-corrected chi connectivity index (χ2v) is 4.52. The third kappa shape index (κ3) is 3.44. The van der Waals surface area contributed by atoms with Gasteiger partial charge in [0.1, 0.15) is 0 Å². The van der Waals surface area contributed by atoms with Gasteiger partial charge in [0.25, 0.3) is 0 Å². The third-order valence-electron chi connectivity index (χ3n) is 3.09. The van der Waals surface area contributed by atoms with Crippen LogP contribution in [-0.4, -0.2) is 16.3 Å². The summed E-state index contributed by atoms with van der Waals surface area (Å²) in [5.74, 6) is 0. The summed E-state index contributed by atoms with van der Waals surface area (Å²) in [6.45, 7) is 7.04. The van der Waals surface area contributed by atoms with E-state index in [-0.39, 0.29) is 0 Å². The molecule has 0 saturated heterocycles. The molecule has 0 aliphatic carbocycles. The van der Waals surface area contributed by atoms with Crippen LogP contribution in [0.5, 0.6) is 0 Å². The number of nitrogens with zero attached hydrogens (tertiary/aromatic N) is 2. The standard InChI is InChI=1S/C15H21N3/c1-3-16-11-15-12-18(17-13(15)2)10-9-14-7-5-4-6-8-14/h4-8,12,16H,3,9-11H2,1-2H3. The zero-order chi connectivity index (χ0) is 12.8. The Morgan fingerprint density at radius 3 is 2.72 bits per heavy atom. The predicted octanol–water partition coefficient (Wildman–Crippen LogP) is 2.54. The van der Waals surface area contributed by atoms with E-state index in [1.54, 1.807) is 0 Å². The van der Waals surface area contributed by atoms with Gasteiger partial charge in [-0.25, -0.2) is 0 Å². The number of hydrogen-bond donors (Lipinski definition) is 1. The van der Waals surface area contributed by atoms with E-state index in [4.69, 9.17) is 0 Å². The summed E-state index contributed by atoms with van der Waals surface area (Å²) in [6.07, 6.45) is 3.18. The van der Waals surface area contributed by atoms with Crippen LogP contribution in [0.25, 0.3) is 0 Å². The first-order chi connectivity index (χ1) is 8.79. The molecule has 0 aliphatic rings. The molecule has 0 saturated carbocycles. The van der Waals surface area contributed by atoms with Crippen LogP contribution in [0, 0.1) is 6.92 Å². The Hall–Kier alpha value is -1.61. The summed E-state index contributed by atoms with van der Waals surface area (Å²) in [6, 6.07) is 10.5. The van der Waals surface area contributed by atoms with Gasteiger partial charge in [-0.2, -0.15) is 5.10 Å². The lowest BCUT2D eigenvalue weighted by atomic mass is 10.1. The average molecular weight is 243 g/mol. The monoisotopic (exact) mass is 243 g/mol. The van der Waals surface area contributed by atoms with Crippen LogP contribution in [0.3, 0.4) is 0 Å². The topological polar surface area (TPSA) is 29.9 Å². The average Bonchev–Trinajstić information content (AvgIpc) is 2.76. The molecular weight excluding hydrogens is 222 g/mol. The van der Waals surface area contributed by atoms with Crippen LogP contribution < -0.4 is 5.32 Å². The van der Waals surface area contributed by atoms with Crippen LogP contribution in [0.1, 0.15) is 23.7 Å². The smallest absolute Gasteiger partial charge is 0.0638 e. The molecule has 18 heavy (non-hydrogen) atoms. The van der Waals surface area contributed by atoms with Crippen LogP contribution in [0.4, 0.5) is 0 Å². The fraction of sp³-hybridized carbons (Fsp3) is 0.400. The van der Waals surface area contributed by atoms with Gasteiger partial charge in [-0.1, -0.05) is 37.3 Å². The van der Waals surface area contributed by atoms with Gasteiger partial charge in [0, 0.05) is 24.8 Å². The highest BCUT2D eigenvalue weighted by Crippen LogP contribution is 2.07. The van der Waals surface area contributed by atoms with E-state index in [2.05, 4.69) is 65.5 Å². The maximum Gasteiger partial charge on any atom is 0.0638 e. The van der Waals surface area contributed by atoms with Gasteiger partial charge in [0.15, 0.2) is 0 Å².